The van der Waals surface area contributed by atoms with Crippen LogP contribution in [0.1, 0.15) is 52.7 Å². The van der Waals surface area contributed by atoms with Crippen molar-refractivity contribution in [3.8, 4) is 29.1 Å². The van der Waals surface area contributed by atoms with Gasteiger partial charge in [-0.3, -0.25) is 0 Å². The number of hydrogen-bond acceptors (Lipinski definition) is 7. The van der Waals surface area contributed by atoms with Crippen LogP contribution in [0.3, 0.4) is 0 Å². The second-order valence-electron chi connectivity index (χ2n) is 9.56. The van der Waals surface area contributed by atoms with Crippen LogP contribution in [0, 0.1) is 11.3 Å². The van der Waals surface area contributed by atoms with Crippen LogP contribution in [-0.4, -0.2) is 12.6 Å². The highest BCUT2D eigenvalue weighted by Gasteiger charge is 2.31. The Morgan fingerprint density at radius 2 is 1.73 bits per heavy atom. The van der Waals surface area contributed by atoms with Crippen LogP contribution in [0.5, 0.6) is 23.0 Å². The molecule has 0 saturated carbocycles. The molecule has 0 saturated heterocycles. The molecule has 0 fully saturated rings. The number of para-hydroxylation sites is 1. The van der Waals surface area contributed by atoms with Gasteiger partial charge in [-0.2, -0.15) is 5.26 Å². The van der Waals surface area contributed by atoms with E-state index >= 15 is 0 Å². The summed E-state index contributed by atoms with van der Waals surface area (Å²) in [6.07, 6.45) is 1.87. The molecule has 0 aliphatic carbocycles. The lowest BCUT2D eigenvalue weighted by Gasteiger charge is -2.27. The number of carbonyl (C=O) groups is 1. The second-order valence-corrected chi connectivity index (χ2v) is 9.56. The van der Waals surface area contributed by atoms with E-state index in [-0.39, 0.29) is 11.6 Å². The number of carbonyl (C=O) groups excluding carboxylic acids is 1. The van der Waals surface area contributed by atoms with Gasteiger partial charge in [0.2, 0.25) is 5.88 Å². The summed E-state index contributed by atoms with van der Waals surface area (Å²) in [4.78, 5) is 13.1. The van der Waals surface area contributed by atoms with Gasteiger partial charge >= 0.3 is 5.97 Å². The zero-order chi connectivity index (χ0) is 28.6. The molecule has 4 aromatic rings. The Kier molecular flexibility index (Phi) is 8.51. The standard InChI is InChI=1S/C34H30N2O5/c1-2-3-18-38-30-15-8-7-14-28(30)34(37)40-26-16-17-27-31(20-26)41-33(36)29(21-35)32(27)24-12-9-13-25(19-24)39-22-23-10-5-4-6-11-23/h4-17,19-20,32H,2-3,18,22,36H2,1H3. The maximum Gasteiger partial charge on any atom is 0.347 e. The van der Waals surface area contributed by atoms with E-state index in [1.165, 1.54) is 0 Å². The van der Waals surface area contributed by atoms with E-state index in [0.29, 0.717) is 41.6 Å². The molecule has 0 amide bonds. The predicted molar refractivity (Wildman–Crippen MR) is 155 cm³/mol. The Bertz CT molecular complexity index is 1610. The van der Waals surface area contributed by atoms with E-state index in [1.54, 1.807) is 36.4 Å². The minimum atomic E-state index is -0.547. The van der Waals surface area contributed by atoms with E-state index in [9.17, 15) is 10.1 Å². The van der Waals surface area contributed by atoms with E-state index < -0.39 is 11.9 Å². The first kappa shape index (κ1) is 27.4. The number of benzene rings is 4. The van der Waals surface area contributed by atoms with Gasteiger partial charge in [0.25, 0.3) is 0 Å². The Hall–Kier alpha value is -5.22. The summed E-state index contributed by atoms with van der Waals surface area (Å²) in [5.41, 5.74) is 9.42. The highest BCUT2D eigenvalue weighted by molar-refractivity contribution is 5.94. The van der Waals surface area contributed by atoms with Gasteiger partial charge < -0.3 is 24.7 Å². The van der Waals surface area contributed by atoms with Gasteiger partial charge in [-0.25, -0.2) is 4.79 Å². The number of rotatable bonds is 10. The molecule has 0 aromatic heterocycles. The number of hydrogen-bond donors (Lipinski definition) is 1. The normalized spacial score (nSPS) is 13.9. The fourth-order valence-corrected chi connectivity index (χ4v) is 4.62. The molecule has 206 valence electrons. The highest BCUT2D eigenvalue weighted by Crippen LogP contribution is 2.44. The van der Waals surface area contributed by atoms with Gasteiger partial charge in [0.1, 0.15) is 46.8 Å². The zero-order valence-electron chi connectivity index (χ0n) is 22.7. The van der Waals surface area contributed by atoms with Gasteiger partial charge in [0.05, 0.1) is 12.5 Å². The van der Waals surface area contributed by atoms with Crippen molar-refractivity contribution in [2.45, 2.75) is 32.3 Å². The van der Waals surface area contributed by atoms with Crippen molar-refractivity contribution in [1.82, 2.24) is 0 Å². The largest absolute Gasteiger partial charge is 0.493 e. The highest BCUT2D eigenvalue weighted by atomic mass is 16.5. The number of nitrogens with two attached hydrogens (primary N) is 1. The number of unbranched alkanes of at least 4 members (excludes halogenated alkanes) is 1. The number of allylic oxidation sites excluding steroid dienone is 1. The Balaban J connectivity index is 1.39. The number of nitrogens with zero attached hydrogens (tertiary/aromatic N) is 1. The first-order valence-corrected chi connectivity index (χ1v) is 13.5. The SMILES string of the molecule is CCCCOc1ccccc1C(=O)Oc1ccc2c(c1)OC(N)=C(C#N)C2c1cccc(OCc2ccccc2)c1. The number of esters is 1. The van der Waals surface area contributed by atoms with Crippen LogP contribution in [0.2, 0.25) is 0 Å². The molecule has 2 N–H and O–H groups in total. The van der Waals surface area contributed by atoms with E-state index in [1.807, 2.05) is 60.7 Å². The second kappa shape index (κ2) is 12.8. The van der Waals surface area contributed by atoms with Gasteiger partial charge in [-0.15, -0.1) is 0 Å². The molecular formula is C34H30N2O5. The molecule has 5 rings (SSSR count). The minimum Gasteiger partial charge on any atom is -0.493 e. The van der Waals surface area contributed by atoms with E-state index in [2.05, 4.69) is 13.0 Å². The third kappa shape index (κ3) is 6.34. The molecule has 7 heteroatoms. The van der Waals surface area contributed by atoms with Crippen molar-refractivity contribution >= 4 is 5.97 Å². The summed E-state index contributed by atoms with van der Waals surface area (Å²) in [6, 6.07) is 31.7. The van der Waals surface area contributed by atoms with Gasteiger partial charge in [0, 0.05) is 11.6 Å². The molecule has 1 heterocycles. The molecule has 1 unspecified atom stereocenters. The fourth-order valence-electron chi connectivity index (χ4n) is 4.62. The average molecular weight is 547 g/mol. The Morgan fingerprint density at radius 1 is 0.927 bits per heavy atom. The zero-order valence-corrected chi connectivity index (χ0v) is 22.7. The molecule has 4 aromatic carbocycles. The van der Waals surface area contributed by atoms with Crippen LogP contribution < -0.4 is 24.7 Å². The summed E-state index contributed by atoms with van der Waals surface area (Å²) in [5, 5.41) is 9.96. The first-order valence-electron chi connectivity index (χ1n) is 13.5. The van der Waals surface area contributed by atoms with Crippen molar-refractivity contribution in [2.24, 2.45) is 5.73 Å². The molecule has 0 spiro atoms. The first-order chi connectivity index (χ1) is 20.1. The van der Waals surface area contributed by atoms with Crippen molar-refractivity contribution in [1.29, 1.82) is 5.26 Å². The third-order valence-corrected chi connectivity index (χ3v) is 6.70. The summed E-state index contributed by atoms with van der Waals surface area (Å²) in [5.74, 6) is 0.791. The molecule has 41 heavy (non-hydrogen) atoms. The van der Waals surface area contributed by atoms with Crippen LogP contribution in [0.25, 0.3) is 0 Å². The van der Waals surface area contributed by atoms with Gasteiger partial charge in [-0.05, 0) is 47.9 Å². The van der Waals surface area contributed by atoms with Gasteiger partial charge in [0.15, 0.2) is 0 Å². The summed E-state index contributed by atoms with van der Waals surface area (Å²) >= 11 is 0. The van der Waals surface area contributed by atoms with Crippen molar-refractivity contribution in [2.75, 3.05) is 6.61 Å². The Labute approximate surface area is 239 Å². The van der Waals surface area contributed by atoms with Crippen LogP contribution in [0.15, 0.2) is 109 Å². The summed E-state index contributed by atoms with van der Waals surface area (Å²) < 4.78 is 23.3. The van der Waals surface area contributed by atoms with Crippen LogP contribution >= 0.6 is 0 Å². The van der Waals surface area contributed by atoms with Crippen molar-refractivity contribution in [3.63, 3.8) is 0 Å². The molecule has 0 bridgehead atoms. The maximum absolute atomic E-state index is 13.1. The van der Waals surface area contributed by atoms with Crippen molar-refractivity contribution in [3.05, 3.63) is 131 Å². The average Bonchev–Trinajstić information content (AvgIpc) is 3.00. The minimum absolute atomic E-state index is 0.00115. The quantitative estimate of drug-likeness (QED) is 0.131. The smallest absolute Gasteiger partial charge is 0.347 e. The predicted octanol–water partition coefficient (Wildman–Crippen LogP) is 6.88. The third-order valence-electron chi connectivity index (χ3n) is 6.70. The van der Waals surface area contributed by atoms with Crippen molar-refractivity contribution < 1.29 is 23.7 Å². The fraction of sp³-hybridized carbons (Fsp3) is 0.176. The molecule has 0 radical (unpaired) electrons. The monoisotopic (exact) mass is 546 g/mol. The van der Waals surface area contributed by atoms with E-state index in [0.717, 1.165) is 29.5 Å². The number of ether oxygens (including phenoxy) is 4. The molecular weight excluding hydrogens is 516 g/mol. The Morgan fingerprint density at radius 3 is 2.54 bits per heavy atom. The van der Waals surface area contributed by atoms with Gasteiger partial charge in [-0.1, -0.05) is 74.0 Å². The molecule has 1 aliphatic rings. The molecule has 1 aliphatic heterocycles. The lowest BCUT2D eigenvalue weighted by Crippen LogP contribution is -2.21. The van der Waals surface area contributed by atoms with E-state index in [4.69, 9.17) is 24.7 Å². The molecule has 1 atom stereocenters. The number of nitriles is 1. The number of fused-ring (bicyclic) bond motifs is 1. The lowest BCUT2D eigenvalue weighted by atomic mass is 9.83. The topological polar surface area (TPSA) is 104 Å². The van der Waals surface area contributed by atoms with Crippen LogP contribution in [0.4, 0.5) is 0 Å². The summed E-state index contributed by atoms with van der Waals surface area (Å²) in [6.45, 7) is 3.00. The lowest BCUT2D eigenvalue weighted by molar-refractivity contribution is 0.0730. The summed E-state index contributed by atoms with van der Waals surface area (Å²) in [7, 11) is 0. The molecule has 7 nitrogen and oxygen atoms in total. The van der Waals surface area contributed by atoms with Crippen LogP contribution in [-0.2, 0) is 6.61 Å². The maximum atomic E-state index is 13.1.